The Morgan fingerprint density at radius 2 is 2.12 bits per heavy atom. The van der Waals surface area contributed by atoms with Crippen LogP contribution in [0.1, 0.15) is 49.4 Å². The number of halogens is 1. The van der Waals surface area contributed by atoms with Crippen molar-refractivity contribution in [3.63, 3.8) is 0 Å². The third-order valence-electron chi connectivity index (χ3n) is 5.62. The highest BCUT2D eigenvalue weighted by molar-refractivity contribution is 6.30. The molecule has 0 bridgehead atoms. The standard InChI is InChI=1S/C20H27ClN4O/c1-24-12-6-4-8-16(24)19-15-7-3-5-11-22-20(15)25(23-19)17-13-14(21)9-10-18(17)26-2/h9-10,13,16,22H,3-8,11-12H2,1-2H3. The Hall–Kier alpha value is -1.72. The summed E-state index contributed by atoms with van der Waals surface area (Å²) in [6.07, 6.45) is 7.17. The van der Waals surface area contributed by atoms with E-state index in [1.165, 1.54) is 43.4 Å². The van der Waals surface area contributed by atoms with Crippen LogP contribution in [-0.2, 0) is 6.42 Å². The van der Waals surface area contributed by atoms with Gasteiger partial charge in [0.2, 0.25) is 0 Å². The first-order chi connectivity index (χ1) is 12.7. The maximum Gasteiger partial charge on any atom is 0.144 e. The molecule has 2 aromatic rings. The van der Waals surface area contributed by atoms with Crippen molar-refractivity contribution in [3.05, 3.63) is 34.5 Å². The number of ether oxygens (including phenoxy) is 1. The third kappa shape index (κ3) is 3.19. The van der Waals surface area contributed by atoms with Crippen LogP contribution in [0, 0.1) is 0 Å². The van der Waals surface area contributed by atoms with Gasteiger partial charge in [-0.05, 0) is 63.9 Å². The van der Waals surface area contributed by atoms with E-state index in [1.54, 1.807) is 7.11 Å². The molecular weight excluding hydrogens is 348 g/mol. The first-order valence-corrected chi connectivity index (χ1v) is 9.96. The number of benzene rings is 1. The maximum absolute atomic E-state index is 6.29. The van der Waals surface area contributed by atoms with Gasteiger partial charge in [0.15, 0.2) is 0 Å². The average molecular weight is 375 g/mol. The molecule has 3 heterocycles. The minimum atomic E-state index is 0.392. The lowest BCUT2D eigenvalue weighted by Gasteiger charge is -2.31. The Kier molecular flexibility index (Phi) is 5.09. The Balaban J connectivity index is 1.87. The van der Waals surface area contributed by atoms with Crippen molar-refractivity contribution in [1.82, 2.24) is 14.7 Å². The van der Waals surface area contributed by atoms with Crippen LogP contribution in [0.25, 0.3) is 5.69 Å². The smallest absolute Gasteiger partial charge is 0.144 e. The van der Waals surface area contributed by atoms with Gasteiger partial charge < -0.3 is 10.1 Å². The first-order valence-electron chi connectivity index (χ1n) is 9.59. The molecule has 1 N–H and O–H groups in total. The van der Waals surface area contributed by atoms with E-state index in [9.17, 15) is 0 Å². The summed E-state index contributed by atoms with van der Waals surface area (Å²) in [5.41, 5.74) is 3.48. The minimum absolute atomic E-state index is 0.392. The fraction of sp³-hybridized carbons (Fsp3) is 0.550. The molecule has 0 radical (unpaired) electrons. The SMILES string of the molecule is COc1ccc(Cl)cc1-n1nc(C2CCCCN2C)c2c1NCCCC2. The molecule has 0 saturated carbocycles. The lowest BCUT2D eigenvalue weighted by Crippen LogP contribution is -2.30. The number of nitrogens with one attached hydrogen (secondary N) is 1. The molecule has 1 atom stereocenters. The first kappa shape index (κ1) is 17.7. The Morgan fingerprint density at radius 1 is 1.23 bits per heavy atom. The fourth-order valence-corrected chi connectivity index (χ4v) is 4.39. The zero-order chi connectivity index (χ0) is 18.1. The number of hydrogen-bond donors (Lipinski definition) is 1. The molecule has 4 rings (SSSR count). The van der Waals surface area contributed by atoms with Crippen molar-refractivity contribution in [2.24, 2.45) is 0 Å². The summed E-state index contributed by atoms with van der Waals surface area (Å²) in [5.74, 6) is 1.89. The monoisotopic (exact) mass is 374 g/mol. The zero-order valence-electron chi connectivity index (χ0n) is 15.6. The van der Waals surface area contributed by atoms with Crippen molar-refractivity contribution >= 4 is 17.4 Å². The van der Waals surface area contributed by atoms with Gasteiger partial charge in [0.25, 0.3) is 0 Å². The molecule has 0 aliphatic carbocycles. The molecule has 1 unspecified atom stereocenters. The van der Waals surface area contributed by atoms with Gasteiger partial charge in [0.05, 0.1) is 18.8 Å². The largest absolute Gasteiger partial charge is 0.494 e. The van der Waals surface area contributed by atoms with E-state index in [1.807, 2.05) is 22.9 Å². The van der Waals surface area contributed by atoms with Crippen LogP contribution in [-0.4, -0.2) is 41.9 Å². The summed E-state index contributed by atoms with van der Waals surface area (Å²) >= 11 is 6.29. The summed E-state index contributed by atoms with van der Waals surface area (Å²) in [4.78, 5) is 2.45. The third-order valence-corrected chi connectivity index (χ3v) is 5.85. The van der Waals surface area contributed by atoms with Gasteiger partial charge in [-0.15, -0.1) is 0 Å². The lowest BCUT2D eigenvalue weighted by molar-refractivity contribution is 0.182. The summed E-state index contributed by atoms with van der Waals surface area (Å²) in [7, 11) is 3.91. The van der Waals surface area contributed by atoms with Gasteiger partial charge in [-0.1, -0.05) is 18.0 Å². The van der Waals surface area contributed by atoms with Crippen molar-refractivity contribution < 1.29 is 4.74 Å². The average Bonchev–Trinajstić information content (AvgIpc) is 2.83. The van der Waals surface area contributed by atoms with Gasteiger partial charge in [-0.3, -0.25) is 4.90 Å². The highest BCUT2D eigenvalue weighted by Gasteiger charge is 2.30. The molecule has 2 aliphatic rings. The molecule has 1 aromatic carbocycles. The topological polar surface area (TPSA) is 42.3 Å². The molecule has 0 spiro atoms. The van der Waals surface area contributed by atoms with Crippen LogP contribution >= 0.6 is 11.6 Å². The number of piperidine rings is 1. The number of likely N-dealkylation sites (tertiary alicyclic amines) is 1. The molecule has 26 heavy (non-hydrogen) atoms. The number of aromatic nitrogens is 2. The maximum atomic E-state index is 6.29. The Morgan fingerprint density at radius 3 is 2.92 bits per heavy atom. The number of fused-ring (bicyclic) bond motifs is 1. The molecular formula is C20H27ClN4O. The van der Waals surface area contributed by atoms with E-state index in [4.69, 9.17) is 21.4 Å². The lowest BCUT2D eigenvalue weighted by atomic mass is 9.96. The normalized spacial score (nSPS) is 21.0. The number of methoxy groups -OCH3 is 1. The van der Waals surface area contributed by atoms with Crippen molar-refractivity contribution in [3.8, 4) is 11.4 Å². The minimum Gasteiger partial charge on any atom is -0.494 e. The van der Waals surface area contributed by atoms with Crippen LogP contribution in [0.3, 0.4) is 0 Å². The Bertz CT molecular complexity index is 788. The quantitative estimate of drug-likeness (QED) is 0.862. The number of rotatable bonds is 3. The van der Waals surface area contributed by atoms with Gasteiger partial charge >= 0.3 is 0 Å². The highest BCUT2D eigenvalue weighted by Crippen LogP contribution is 2.38. The van der Waals surface area contributed by atoms with Gasteiger partial charge in [-0.2, -0.15) is 5.10 Å². The highest BCUT2D eigenvalue weighted by atomic mass is 35.5. The van der Waals surface area contributed by atoms with E-state index < -0.39 is 0 Å². The molecule has 1 fully saturated rings. The number of hydrogen-bond acceptors (Lipinski definition) is 4. The Labute approximate surface area is 160 Å². The van der Waals surface area contributed by atoms with E-state index in [-0.39, 0.29) is 0 Å². The zero-order valence-corrected chi connectivity index (χ0v) is 16.4. The predicted octanol–water partition coefficient (Wildman–Crippen LogP) is 4.44. The van der Waals surface area contributed by atoms with Crippen LogP contribution in [0.5, 0.6) is 5.75 Å². The molecule has 2 aliphatic heterocycles. The molecule has 1 aromatic heterocycles. The van der Waals surface area contributed by atoms with Crippen LogP contribution < -0.4 is 10.1 Å². The van der Waals surface area contributed by atoms with E-state index in [2.05, 4.69) is 17.3 Å². The predicted molar refractivity (Wildman–Crippen MR) is 106 cm³/mol. The molecule has 0 amide bonds. The van der Waals surface area contributed by atoms with Gasteiger partial charge in [0.1, 0.15) is 17.3 Å². The number of anilines is 1. The molecule has 1 saturated heterocycles. The second kappa shape index (κ2) is 7.49. The van der Waals surface area contributed by atoms with Crippen molar-refractivity contribution in [2.45, 2.75) is 44.6 Å². The summed E-state index contributed by atoms with van der Waals surface area (Å²) in [5, 5.41) is 9.41. The van der Waals surface area contributed by atoms with Crippen LogP contribution in [0.4, 0.5) is 5.82 Å². The summed E-state index contributed by atoms with van der Waals surface area (Å²) < 4.78 is 7.61. The van der Waals surface area contributed by atoms with E-state index in [0.29, 0.717) is 11.1 Å². The van der Waals surface area contributed by atoms with Crippen molar-refractivity contribution in [2.75, 3.05) is 32.6 Å². The molecule has 5 nitrogen and oxygen atoms in total. The summed E-state index contributed by atoms with van der Waals surface area (Å²) in [6.45, 7) is 2.11. The van der Waals surface area contributed by atoms with E-state index in [0.717, 1.165) is 36.8 Å². The second-order valence-corrected chi connectivity index (χ2v) is 7.75. The molecule has 140 valence electrons. The van der Waals surface area contributed by atoms with Crippen LogP contribution in [0.15, 0.2) is 18.2 Å². The number of nitrogens with zero attached hydrogens (tertiary/aromatic N) is 3. The van der Waals surface area contributed by atoms with Crippen molar-refractivity contribution in [1.29, 1.82) is 0 Å². The van der Waals surface area contributed by atoms with Crippen LogP contribution in [0.2, 0.25) is 5.02 Å². The molecule has 6 heteroatoms. The van der Waals surface area contributed by atoms with Gasteiger partial charge in [-0.25, -0.2) is 4.68 Å². The van der Waals surface area contributed by atoms with E-state index >= 15 is 0 Å². The van der Waals surface area contributed by atoms with Gasteiger partial charge in [0, 0.05) is 17.1 Å². The fourth-order valence-electron chi connectivity index (χ4n) is 4.22. The second-order valence-electron chi connectivity index (χ2n) is 7.32. The summed E-state index contributed by atoms with van der Waals surface area (Å²) in [6, 6.07) is 6.10.